The summed E-state index contributed by atoms with van der Waals surface area (Å²) in [4.78, 5) is 12.5. The van der Waals surface area contributed by atoms with Crippen molar-refractivity contribution >= 4 is 6.41 Å². The Bertz CT molecular complexity index is 601. The van der Waals surface area contributed by atoms with Crippen molar-refractivity contribution in [3.63, 3.8) is 0 Å². The average Bonchev–Trinajstić information content (AvgIpc) is 3.05. The maximum Gasteiger partial charge on any atom is 0.247 e. The molecule has 1 saturated heterocycles. The smallest absolute Gasteiger partial charge is 0.247 e. The Morgan fingerprint density at radius 3 is 2.57 bits per heavy atom. The molecule has 1 aromatic carbocycles. The lowest BCUT2D eigenvalue weighted by atomic mass is 9.97. The van der Waals surface area contributed by atoms with E-state index in [-0.39, 0.29) is 5.92 Å². The lowest BCUT2D eigenvalue weighted by Crippen LogP contribution is -2.31. The van der Waals surface area contributed by atoms with Gasteiger partial charge in [-0.15, -0.1) is 10.2 Å². The van der Waals surface area contributed by atoms with Crippen LogP contribution in [0.25, 0.3) is 11.5 Å². The molecule has 6 nitrogen and oxygen atoms in total. The SMILES string of the molecule is COc1ccc(-c2nnc(C3CCN(C=O)CC3)o2)cc1. The largest absolute Gasteiger partial charge is 0.497 e. The van der Waals surface area contributed by atoms with Crippen LogP contribution in [0.2, 0.25) is 0 Å². The van der Waals surface area contributed by atoms with Crippen molar-refractivity contribution in [3.8, 4) is 17.2 Å². The zero-order valence-corrected chi connectivity index (χ0v) is 11.9. The Morgan fingerprint density at radius 1 is 1.24 bits per heavy atom. The summed E-state index contributed by atoms with van der Waals surface area (Å²) in [6.07, 6.45) is 2.62. The standard InChI is InChI=1S/C15H17N3O3/c1-20-13-4-2-11(3-5-13)14-16-17-15(21-14)12-6-8-18(10-19)9-7-12/h2-5,10,12H,6-9H2,1H3. The first-order chi connectivity index (χ1) is 10.3. The van der Waals surface area contributed by atoms with E-state index >= 15 is 0 Å². The molecule has 2 heterocycles. The van der Waals surface area contributed by atoms with E-state index in [9.17, 15) is 4.79 Å². The van der Waals surface area contributed by atoms with Crippen molar-refractivity contribution in [3.05, 3.63) is 30.2 Å². The number of piperidine rings is 1. The number of methoxy groups -OCH3 is 1. The molecule has 1 aliphatic heterocycles. The highest BCUT2D eigenvalue weighted by molar-refractivity contribution is 5.54. The van der Waals surface area contributed by atoms with Crippen molar-refractivity contribution in [2.24, 2.45) is 0 Å². The summed E-state index contributed by atoms with van der Waals surface area (Å²) in [7, 11) is 1.63. The van der Waals surface area contributed by atoms with Gasteiger partial charge in [-0.3, -0.25) is 4.79 Å². The summed E-state index contributed by atoms with van der Waals surface area (Å²) in [5.41, 5.74) is 0.875. The van der Waals surface area contributed by atoms with E-state index in [0.717, 1.165) is 43.7 Å². The molecule has 21 heavy (non-hydrogen) atoms. The third-order valence-corrected chi connectivity index (χ3v) is 3.81. The van der Waals surface area contributed by atoms with Crippen LogP contribution in [-0.4, -0.2) is 41.7 Å². The number of carbonyl (C=O) groups is 1. The van der Waals surface area contributed by atoms with Gasteiger partial charge in [0.05, 0.1) is 7.11 Å². The molecule has 0 radical (unpaired) electrons. The van der Waals surface area contributed by atoms with Gasteiger partial charge < -0.3 is 14.1 Å². The number of rotatable bonds is 4. The average molecular weight is 287 g/mol. The van der Waals surface area contributed by atoms with Gasteiger partial charge in [-0.1, -0.05) is 0 Å². The minimum absolute atomic E-state index is 0.237. The van der Waals surface area contributed by atoms with Gasteiger partial charge in [0.1, 0.15) is 5.75 Å². The van der Waals surface area contributed by atoms with Crippen LogP contribution in [0.1, 0.15) is 24.7 Å². The highest BCUT2D eigenvalue weighted by Crippen LogP contribution is 2.29. The van der Waals surface area contributed by atoms with E-state index in [4.69, 9.17) is 9.15 Å². The number of hydrogen-bond acceptors (Lipinski definition) is 5. The lowest BCUT2D eigenvalue weighted by Gasteiger charge is -2.26. The first-order valence-corrected chi connectivity index (χ1v) is 6.97. The zero-order valence-electron chi connectivity index (χ0n) is 11.9. The summed E-state index contributed by atoms with van der Waals surface area (Å²) in [6.45, 7) is 1.49. The molecule has 110 valence electrons. The fourth-order valence-corrected chi connectivity index (χ4v) is 2.50. The number of amides is 1. The molecule has 6 heteroatoms. The Labute approximate surface area is 122 Å². The van der Waals surface area contributed by atoms with Crippen LogP contribution in [0.15, 0.2) is 28.7 Å². The summed E-state index contributed by atoms with van der Waals surface area (Å²) < 4.78 is 10.9. The van der Waals surface area contributed by atoms with E-state index in [1.165, 1.54) is 0 Å². The molecule has 1 amide bonds. The Balaban J connectivity index is 1.72. The number of likely N-dealkylation sites (tertiary alicyclic amines) is 1. The van der Waals surface area contributed by atoms with E-state index in [0.29, 0.717) is 11.8 Å². The van der Waals surface area contributed by atoms with E-state index in [1.807, 2.05) is 24.3 Å². The van der Waals surface area contributed by atoms with Gasteiger partial charge in [-0.25, -0.2) is 0 Å². The summed E-state index contributed by atoms with van der Waals surface area (Å²) in [5.74, 6) is 2.21. The molecule has 1 aromatic heterocycles. The van der Waals surface area contributed by atoms with Crippen LogP contribution in [0.3, 0.4) is 0 Å². The monoisotopic (exact) mass is 287 g/mol. The van der Waals surface area contributed by atoms with Crippen molar-refractivity contribution in [2.75, 3.05) is 20.2 Å². The predicted octanol–water partition coefficient (Wildman–Crippen LogP) is 2.08. The third kappa shape index (κ3) is 2.89. The molecule has 0 spiro atoms. The summed E-state index contributed by atoms with van der Waals surface area (Å²) >= 11 is 0. The first kappa shape index (κ1) is 13.6. The number of carbonyl (C=O) groups excluding carboxylic acids is 1. The van der Waals surface area contributed by atoms with Crippen molar-refractivity contribution in [1.29, 1.82) is 0 Å². The molecular weight excluding hydrogens is 270 g/mol. The topological polar surface area (TPSA) is 68.5 Å². The number of benzene rings is 1. The maximum absolute atomic E-state index is 10.7. The normalized spacial score (nSPS) is 16.0. The van der Waals surface area contributed by atoms with Crippen LogP contribution in [0, 0.1) is 0 Å². The van der Waals surface area contributed by atoms with Gasteiger partial charge in [0, 0.05) is 24.6 Å². The quantitative estimate of drug-likeness (QED) is 0.805. The van der Waals surface area contributed by atoms with Gasteiger partial charge in [0.2, 0.25) is 18.2 Å². The molecule has 0 unspecified atom stereocenters. The Morgan fingerprint density at radius 2 is 1.95 bits per heavy atom. The molecule has 2 aromatic rings. The zero-order chi connectivity index (χ0) is 14.7. The Kier molecular flexibility index (Phi) is 3.85. The third-order valence-electron chi connectivity index (χ3n) is 3.81. The fraction of sp³-hybridized carbons (Fsp3) is 0.400. The fourth-order valence-electron chi connectivity index (χ4n) is 2.50. The molecule has 0 saturated carbocycles. The summed E-state index contributed by atoms with van der Waals surface area (Å²) in [5, 5.41) is 8.27. The van der Waals surface area contributed by atoms with Crippen molar-refractivity contribution in [1.82, 2.24) is 15.1 Å². The van der Waals surface area contributed by atoms with Gasteiger partial charge >= 0.3 is 0 Å². The van der Waals surface area contributed by atoms with Crippen molar-refractivity contribution in [2.45, 2.75) is 18.8 Å². The molecule has 3 rings (SSSR count). The maximum atomic E-state index is 10.7. The second kappa shape index (κ2) is 5.95. The van der Waals surface area contributed by atoms with Crippen LogP contribution < -0.4 is 4.74 Å². The van der Waals surface area contributed by atoms with E-state index in [2.05, 4.69) is 10.2 Å². The molecule has 0 N–H and O–H groups in total. The predicted molar refractivity (Wildman–Crippen MR) is 75.9 cm³/mol. The van der Waals surface area contributed by atoms with Gasteiger partial charge in [0.25, 0.3) is 0 Å². The Hall–Kier alpha value is -2.37. The number of nitrogens with zero attached hydrogens (tertiary/aromatic N) is 3. The van der Waals surface area contributed by atoms with Gasteiger partial charge in [0.15, 0.2) is 0 Å². The highest BCUT2D eigenvalue weighted by Gasteiger charge is 2.24. The van der Waals surface area contributed by atoms with Crippen LogP contribution in [-0.2, 0) is 4.79 Å². The lowest BCUT2D eigenvalue weighted by molar-refractivity contribution is -0.119. The van der Waals surface area contributed by atoms with Gasteiger partial charge in [-0.05, 0) is 37.1 Å². The van der Waals surface area contributed by atoms with Gasteiger partial charge in [-0.2, -0.15) is 0 Å². The molecule has 0 atom stereocenters. The number of ether oxygens (including phenoxy) is 1. The molecule has 1 aliphatic rings. The van der Waals surface area contributed by atoms with Crippen LogP contribution in [0.5, 0.6) is 5.75 Å². The minimum atomic E-state index is 0.237. The minimum Gasteiger partial charge on any atom is -0.497 e. The van der Waals surface area contributed by atoms with E-state index in [1.54, 1.807) is 12.0 Å². The first-order valence-electron chi connectivity index (χ1n) is 6.97. The molecule has 0 aliphatic carbocycles. The number of aromatic nitrogens is 2. The second-order valence-electron chi connectivity index (χ2n) is 5.09. The number of hydrogen-bond donors (Lipinski definition) is 0. The highest BCUT2D eigenvalue weighted by atomic mass is 16.5. The molecule has 0 bridgehead atoms. The van der Waals surface area contributed by atoms with Crippen LogP contribution >= 0.6 is 0 Å². The molecular formula is C15H17N3O3. The van der Waals surface area contributed by atoms with E-state index < -0.39 is 0 Å². The second-order valence-corrected chi connectivity index (χ2v) is 5.09. The van der Waals surface area contributed by atoms with Crippen LogP contribution in [0.4, 0.5) is 0 Å². The molecule has 1 fully saturated rings. The van der Waals surface area contributed by atoms with Crippen molar-refractivity contribution < 1.29 is 13.9 Å². The summed E-state index contributed by atoms with van der Waals surface area (Å²) in [6, 6.07) is 7.51.